The number of likely N-dealkylation sites (N-methyl/N-ethyl adjacent to an activating group) is 1. The molecule has 0 atom stereocenters. The van der Waals surface area contributed by atoms with Crippen molar-refractivity contribution in [3.63, 3.8) is 0 Å². The maximum atomic E-state index is 13.4. The smallest absolute Gasteiger partial charge is 0.280 e. The van der Waals surface area contributed by atoms with Crippen molar-refractivity contribution in [1.82, 2.24) is 19.7 Å². The number of anilines is 1. The van der Waals surface area contributed by atoms with Gasteiger partial charge in [-0.1, -0.05) is 17.4 Å². The zero-order valence-corrected chi connectivity index (χ0v) is 18.6. The number of hydrogen-bond acceptors (Lipinski definition) is 5. The molecule has 0 aliphatic heterocycles. The van der Waals surface area contributed by atoms with Gasteiger partial charge in [-0.2, -0.15) is 5.10 Å². The number of nitrogens with zero attached hydrogens (tertiary/aromatic N) is 5. The molecule has 0 fully saturated rings. The van der Waals surface area contributed by atoms with Crippen LogP contribution in [0.1, 0.15) is 47.2 Å². The Morgan fingerprint density at radius 3 is 2.46 bits per heavy atom. The molecular formula is C21H29N5OS. The third-order valence-electron chi connectivity index (χ3n) is 4.70. The first-order valence-corrected chi connectivity index (χ1v) is 10.4. The highest BCUT2D eigenvalue weighted by Gasteiger charge is 2.25. The highest BCUT2D eigenvalue weighted by atomic mass is 32.1. The highest BCUT2D eigenvalue weighted by Crippen LogP contribution is 2.32. The summed E-state index contributed by atoms with van der Waals surface area (Å²) in [5.41, 5.74) is 4.77. The van der Waals surface area contributed by atoms with Crippen LogP contribution < -0.4 is 4.90 Å². The van der Waals surface area contributed by atoms with Gasteiger partial charge in [0.2, 0.25) is 0 Å². The second-order valence-electron chi connectivity index (χ2n) is 7.89. The topological polar surface area (TPSA) is 54.3 Å². The SMILES string of the molecule is Cc1cc(C)c2nc(N(CCN(C)C)C(=O)c3cc(C)n(C(C)C)n3)sc2c1. The van der Waals surface area contributed by atoms with Crippen LogP contribution in [0, 0.1) is 20.8 Å². The van der Waals surface area contributed by atoms with Crippen LogP contribution in [-0.4, -0.2) is 52.8 Å². The third-order valence-corrected chi connectivity index (χ3v) is 5.72. The van der Waals surface area contributed by atoms with Crippen molar-refractivity contribution >= 4 is 32.6 Å². The number of amides is 1. The molecule has 2 aromatic heterocycles. The van der Waals surface area contributed by atoms with E-state index in [2.05, 4.69) is 49.8 Å². The van der Waals surface area contributed by atoms with E-state index in [4.69, 9.17) is 4.98 Å². The molecule has 0 bridgehead atoms. The van der Waals surface area contributed by atoms with Gasteiger partial charge >= 0.3 is 0 Å². The van der Waals surface area contributed by atoms with Gasteiger partial charge in [0, 0.05) is 24.8 Å². The van der Waals surface area contributed by atoms with Crippen molar-refractivity contribution in [3.05, 3.63) is 40.7 Å². The summed E-state index contributed by atoms with van der Waals surface area (Å²) in [7, 11) is 4.01. The molecule has 0 N–H and O–H groups in total. The Balaban J connectivity index is 2.02. The number of benzene rings is 1. The Bertz CT molecular complexity index is 1000. The predicted octanol–water partition coefficient (Wildman–Crippen LogP) is 4.21. The zero-order valence-electron chi connectivity index (χ0n) is 17.8. The average Bonchev–Trinajstić information content (AvgIpc) is 3.18. The minimum absolute atomic E-state index is 0.0993. The Kier molecular flexibility index (Phi) is 5.86. The molecular weight excluding hydrogens is 370 g/mol. The zero-order chi connectivity index (χ0) is 20.6. The second-order valence-corrected chi connectivity index (χ2v) is 8.90. The average molecular weight is 400 g/mol. The van der Waals surface area contributed by atoms with Gasteiger partial charge in [-0.15, -0.1) is 0 Å². The van der Waals surface area contributed by atoms with E-state index < -0.39 is 0 Å². The Labute approximate surface area is 170 Å². The monoisotopic (exact) mass is 399 g/mol. The number of hydrogen-bond donors (Lipinski definition) is 0. The molecule has 0 saturated heterocycles. The van der Waals surface area contributed by atoms with Crippen molar-refractivity contribution in [3.8, 4) is 0 Å². The van der Waals surface area contributed by atoms with Crippen LogP contribution in [0.4, 0.5) is 5.13 Å². The van der Waals surface area contributed by atoms with Crippen molar-refractivity contribution in [1.29, 1.82) is 0 Å². The number of rotatable bonds is 6. The van der Waals surface area contributed by atoms with Crippen LogP contribution in [0.5, 0.6) is 0 Å². The second kappa shape index (κ2) is 8.01. The fourth-order valence-electron chi connectivity index (χ4n) is 3.31. The molecule has 0 unspecified atom stereocenters. The van der Waals surface area contributed by atoms with E-state index in [1.165, 1.54) is 5.56 Å². The number of fused-ring (bicyclic) bond motifs is 1. The summed E-state index contributed by atoms with van der Waals surface area (Å²) in [5, 5.41) is 5.29. The van der Waals surface area contributed by atoms with Gasteiger partial charge in [0.05, 0.1) is 10.2 Å². The Morgan fingerprint density at radius 2 is 1.86 bits per heavy atom. The number of thiazole rings is 1. The van der Waals surface area contributed by atoms with E-state index in [1.54, 1.807) is 16.2 Å². The summed E-state index contributed by atoms with van der Waals surface area (Å²) in [6.45, 7) is 11.6. The molecule has 2 heterocycles. The van der Waals surface area contributed by atoms with Gasteiger partial charge in [0.15, 0.2) is 10.8 Å². The molecule has 6 nitrogen and oxygen atoms in total. The largest absolute Gasteiger partial charge is 0.308 e. The highest BCUT2D eigenvalue weighted by molar-refractivity contribution is 7.22. The Hall–Kier alpha value is -2.25. The summed E-state index contributed by atoms with van der Waals surface area (Å²) in [4.78, 5) is 22.0. The van der Waals surface area contributed by atoms with Crippen LogP contribution in [-0.2, 0) is 0 Å². The molecule has 28 heavy (non-hydrogen) atoms. The summed E-state index contributed by atoms with van der Waals surface area (Å²) in [5.74, 6) is -0.0993. The standard InChI is InChI=1S/C21H29N5OS/c1-13(2)26-16(5)12-17(23-26)20(27)25(9-8-24(6)7)21-22-19-15(4)10-14(3)11-18(19)28-21/h10-13H,8-9H2,1-7H3. The summed E-state index contributed by atoms with van der Waals surface area (Å²) < 4.78 is 3.00. The van der Waals surface area contributed by atoms with Gasteiger partial charge < -0.3 is 4.90 Å². The van der Waals surface area contributed by atoms with Gasteiger partial charge in [0.25, 0.3) is 5.91 Å². The molecule has 1 aromatic carbocycles. The molecule has 0 radical (unpaired) electrons. The van der Waals surface area contributed by atoms with Crippen molar-refractivity contribution in [2.24, 2.45) is 0 Å². The van der Waals surface area contributed by atoms with E-state index in [-0.39, 0.29) is 11.9 Å². The van der Waals surface area contributed by atoms with E-state index in [0.717, 1.165) is 33.2 Å². The molecule has 0 saturated carbocycles. The first-order chi connectivity index (χ1) is 13.2. The van der Waals surface area contributed by atoms with Crippen LogP contribution in [0.25, 0.3) is 10.2 Å². The molecule has 150 valence electrons. The predicted molar refractivity (Wildman–Crippen MR) is 117 cm³/mol. The number of carbonyl (C=O) groups excluding carboxylic acids is 1. The first-order valence-electron chi connectivity index (χ1n) is 9.58. The lowest BCUT2D eigenvalue weighted by atomic mass is 10.1. The Morgan fingerprint density at radius 1 is 1.14 bits per heavy atom. The van der Waals surface area contributed by atoms with E-state index >= 15 is 0 Å². The first kappa shape index (κ1) is 20.5. The van der Waals surface area contributed by atoms with Gasteiger partial charge in [-0.25, -0.2) is 4.98 Å². The quantitative estimate of drug-likeness (QED) is 0.623. The lowest BCUT2D eigenvalue weighted by Gasteiger charge is -2.21. The van der Waals surface area contributed by atoms with Gasteiger partial charge in [-0.3, -0.25) is 14.4 Å². The molecule has 3 rings (SSSR count). The van der Waals surface area contributed by atoms with Crippen LogP contribution in [0.15, 0.2) is 18.2 Å². The molecule has 0 aliphatic carbocycles. The van der Waals surface area contributed by atoms with E-state index in [0.29, 0.717) is 12.2 Å². The van der Waals surface area contributed by atoms with Crippen molar-refractivity contribution in [2.75, 3.05) is 32.1 Å². The number of carbonyl (C=O) groups is 1. The molecule has 0 aliphatic rings. The fourth-order valence-corrected chi connectivity index (χ4v) is 4.48. The minimum atomic E-state index is -0.0993. The lowest BCUT2D eigenvalue weighted by Crippen LogP contribution is -2.37. The van der Waals surface area contributed by atoms with E-state index in [1.807, 2.05) is 31.8 Å². The van der Waals surface area contributed by atoms with Crippen molar-refractivity contribution < 1.29 is 4.79 Å². The summed E-state index contributed by atoms with van der Waals surface area (Å²) in [6, 6.07) is 6.35. The molecule has 3 aromatic rings. The van der Waals surface area contributed by atoms with Gasteiger partial charge in [0.1, 0.15) is 0 Å². The maximum Gasteiger partial charge on any atom is 0.280 e. The number of aromatic nitrogens is 3. The van der Waals surface area contributed by atoms with E-state index in [9.17, 15) is 4.79 Å². The number of aryl methyl sites for hydroxylation is 3. The minimum Gasteiger partial charge on any atom is -0.308 e. The summed E-state index contributed by atoms with van der Waals surface area (Å²) in [6.07, 6.45) is 0. The molecule has 0 spiro atoms. The van der Waals surface area contributed by atoms with Crippen molar-refractivity contribution in [2.45, 2.75) is 40.7 Å². The third kappa shape index (κ3) is 4.10. The molecule has 1 amide bonds. The fraction of sp³-hybridized carbons (Fsp3) is 0.476. The normalized spacial score (nSPS) is 11.8. The maximum absolute atomic E-state index is 13.4. The van der Waals surface area contributed by atoms with Crippen LogP contribution in [0.2, 0.25) is 0 Å². The molecule has 7 heteroatoms. The van der Waals surface area contributed by atoms with Crippen LogP contribution in [0.3, 0.4) is 0 Å². The van der Waals surface area contributed by atoms with Gasteiger partial charge in [-0.05, 0) is 72.0 Å². The summed E-state index contributed by atoms with van der Waals surface area (Å²) >= 11 is 1.57. The van der Waals surface area contributed by atoms with Crippen LogP contribution >= 0.6 is 11.3 Å². The lowest BCUT2D eigenvalue weighted by molar-refractivity contribution is 0.0979.